The number of aryl methyl sites for hydroxylation is 2. The Morgan fingerprint density at radius 3 is 2.74 bits per heavy atom. The molecule has 0 unspecified atom stereocenters. The molecule has 0 aliphatic carbocycles. The lowest BCUT2D eigenvalue weighted by Crippen LogP contribution is -2.17. The maximum Gasteiger partial charge on any atom is 0.175 e. The molecule has 0 saturated carbocycles. The van der Waals surface area contributed by atoms with Crippen LogP contribution in [0.4, 0.5) is 11.5 Å². The fourth-order valence-corrected chi connectivity index (χ4v) is 3.93. The first kappa shape index (κ1) is 19.2. The Bertz CT molecular complexity index is 1280. The van der Waals surface area contributed by atoms with Crippen LogP contribution in [0.2, 0.25) is 0 Å². The van der Waals surface area contributed by atoms with Crippen molar-refractivity contribution in [2.75, 3.05) is 18.0 Å². The number of hydrogen-bond acceptors (Lipinski definition) is 5. The van der Waals surface area contributed by atoms with Gasteiger partial charge in [-0.3, -0.25) is 4.98 Å². The number of rotatable bonds is 4. The summed E-state index contributed by atoms with van der Waals surface area (Å²) >= 11 is 0. The van der Waals surface area contributed by atoms with Gasteiger partial charge >= 0.3 is 0 Å². The average molecular weight is 412 g/mol. The number of anilines is 1. The second-order valence-electron chi connectivity index (χ2n) is 7.97. The number of hydrogen-bond donors (Lipinski definition) is 1. The monoisotopic (exact) mass is 411 g/mol. The summed E-state index contributed by atoms with van der Waals surface area (Å²) < 4.78 is 2.01. The summed E-state index contributed by atoms with van der Waals surface area (Å²) in [5.74, 6) is 0.936. The molecule has 4 aromatic rings. The van der Waals surface area contributed by atoms with E-state index >= 15 is 0 Å². The van der Waals surface area contributed by atoms with Crippen LogP contribution in [0.25, 0.3) is 16.9 Å². The van der Waals surface area contributed by atoms with Crippen LogP contribution in [0.15, 0.2) is 60.0 Å². The first-order valence-electron chi connectivity index (χ1n) is 10.6. The Hall–Kier alpha value is -3.74. The third-order valence-corrected chi connectivity index (χ3v) is 5.65. The lowest BCUT2D eigenvalue weighted by Gasteiger charge is -2.17. The number of imidazole rings is 1. The van der Waals surface area contributed by atoms with Gasteiger partial charge in [-0.05, 0) is 51.0 Å². The Labute approximate surface area is 181 Å². The summed E-state index contributed by atoms with van der Waals surface area (Å²) in [6, 6.07) is 12.5. The molecule has 3 aromatic heterocycles. The summed E-state index contributed by atoms with van der Waals surface area (Å²) in [5, 5.41) is 0. The number of aliphatic imine (C=N–C) groups is 1. The first-order chi connectivity index (χ1) is 15.1. The van der Waals surface area contributed by atoms with E-state index in [9.17, 15) is 0 Å². The van der Waals surface area contributed by atoms with Gasteiger partial charge in [-0.1, -0.05) is 12.1 Å². The lowest BCUT2D eigenvalue weighted by molar-refractivity contribution is 0.949. The van der Waals surface area contributed by atoms with E-state index in [1.165, 1.54) is 18.5 Å². The van der Waals surface area contributed by atoms with Crippen molar-refractivity contribution in [3.63, 3.8) is 0 Å². The fraction of sp³-hybridized carbons (Fsp3) is 0.250. The Balaban J connectivity index is 1.47. The molecule has 1 aliphatic heterocycles. The topological polar surface area (TPSA) is 84.7 Å². The van der Waals surface area contributed by atoms with E-state index in [2.05, 4.69) is 44.1 Å². The third-order valence-electron chi connectivity index (χ3n) is 5.65. The minimum absolute atomic E-state index is 0.395. The van der Waals surface area contributed by atoms with Gasteiger partial charge in [0.05, 0.1) is 17.1 Å². The Morgan fingerprint density at radius 1 is 1.06 bits per heavy atom. The van der Waals surface area contributed by atoms with Gasteiger partial charge < -0.3 is 15.0 Å². The number of aromatic nitrogens is 4. The predicted octanol–water partition coefficient (Wildman–Crippen LogP) is 4.05. The van der Waals surface area contributed by atoms with Crippen molar-refractivity contribution in [3.8, 4) is 11.3 Å². The van der Waals surface area contributed by atoms with E-state index < -0.39 is 0 Å². The SMILES string of the molecule is Cc1cnc(C)c(N=C(N)c2ccn3cc(-c4cccc(N5CCCC5)c4)nc3c2)n1. The Morgan fingerprint density at radius 2 is 1.90 bits per heavy atom. The highest BCUT2D eigenvalue weighted by molar-refractivity contribution is 5.99. The van der Waals surface area contributed by atoms with Gasteiger partial charge in [-0.2, -0.15) is 0 Å². The Kier molecular flexibility index (Phi) is 4.86. The van der Waals surface area contributed by atoms with Crippen molar-refractivity contribution in [3.05, 3.63) is 71.9 Å². The van der Waals surface area contributed by atoms with Gasteiger partial charge in [0.2, 0.25) is 0 Å². The molecule has 4 heterocycles. The third kappa shape index (κ3) is 3.86. The molecular formula is C24H25N7. The zero-order valence-corrected chi connectivity index (χ0v) is 17.8. The average Bonchev–Trinajstić information content (AvgIpc) is 3.46. The molecule has 0 radical (unpaired) electrons. The van der Waals surface area contributed by atoms with Crippen LogP contribution in [0.3, 0.4) is 0 Å². The minimum Gasteiger partial charge on any atom is -0.383 e. The number of benzene rings is 1. The number of pyridine rings is 1. The first-order valence-corrected chi connectivity index (χ1v) is 10.6. The largest absolute Gasteiger partial charge is 0.383 e. The molecule has 2 N–H and O–H groups in total. The van der Waals surface area contributed by atoms with Gasteiger partial charge in [0.25, 0.3) is 0 Å². The van der Waals surface area contributed by atoms with Crippen molar-refractivity contribution in [1.29, 1.82) is 0 Å². The number of nitrogens with zero attached hydrogens (tertiary/aromatic N) is 6. The molecular weight excluding hydrogens is 386 g/mol. The van der Waals surface area contributed by atoms with E-state index in [1.54, 1.807) is 6.20 Å². The second kappa shape index (κ2) is 7.83. The number of nitrogens with two attached hydrogens (primary N) is 1. The van der Waals surface area contributed by atoms with Crippen molar-refractivity contribution in [2.45, 2.75) is 26.7 Å². The number of fused-ring (bicyclic) bond motifs is 1. The summed E-state index contributed by atoms with van der Waals surface area (Å²) in [5.41, 5.74) is 12.8. The highest BCUT2D eigenvalue weighted by atomic mass is 15.1. The molecule has 5 rings (SSSR count). The van der Waals surface area contributed by atoms with Crippen LogP contribution >= 0.6 is 0 Å². The van der Waals surface area contributed by atoms with E-state index in [1.807, 2.05) is 42.8 Å². The van der Waals surface area contributed by atoms with Crippen LogP contribution in [0.5, 0.6) is 0 Å². The highest BCUT2D eigenvalue weighted by Gasteiger charge is 2.14. The van der Waals surface area contributed by atoms with Crippen LogP contribution in [0, 0.1) is 13.8 Å². The summed E-state index contributed by atoms with van der Waals surface area (Å²) in [4.78, 5) is 20.5. The van der Waals surface area contributed by atoms with Crippen LogP contribution in [-0.4, -0.2) is 38.3 Å². The smallest absolute Gasteiger partial charge is 0.175 e. The maximum atomic E-state index is 6.28. The molecule has 31 heavy (non-hydrogen) atoms. The molecule has 0 bridgehead atoms. The van der Waals surface area contributed by atoms with Gasteiger partial charge in [-0.15, -0.1) is 0 Å². The standard InChI is InChI=1S/C24H25N7/c1-16-14-26-17(2)24(27-16)29-23(25)19-8-11-31-15-21(28-22(31)13-19)18-6-5-7-20(12-18)30-9-3-4-10-30/h5-8,11-15H,3-4,9-10H2,1-2H3,(H2,25,27,29). The van der Waals surface area contributed by atoms with E-state index in [-0.39, 0.29) is 0 Å². The van der Waals surface area contributed by atoms with Crippen LogP contribution in [0.1, 0.15) is 29.8 Å². The van der Waals surface area contributed by atoms with Crippen LogP contribution < -0.4 is 10.6 Å². The zero-order chi connectivity index (χ0) is 21.4. The predicted molar refractivity (Wildman–Crippen MR) is 124 cm³/mol. The van der Waals surface area contributed by atoms with Gasteiger partial charge in [-0.25, -0.2) is 15.0 Å². The fourth-order valence-electron chi connectivity index (χ4n) is 3.93. The highest BCUT2D eigenvalue weighted by Crippen LogP contribution is 2.27. The maximum absolute atomic E-state index is 6.28. The molecule has 1 fully saturated rings. The normalized spacial score (nSPS) is 14.5. The summed E-state index contributed by atoms with van der Waals surface area (Å²) in [6.07, 6.45) is 8.26. The van der Waals surface area contributed by atoms with Crippen molar-refractivity contribution < 1.29 is 0 Å². The van der Waals surface area contributed by atoms with Crippen molar-refractivity contribution in [1.82, 2.24) is 19.4 Å². The minimum atomic E-state index is 0.395. The molecule has 156 valence electrons. The lowest BCUT2D eigenvalue weighted by atomic mass is 10.1. The van der Waals surface area contributed by atoms with E-state index in [4.69, 9.17) is 10.7 Å². The molecule has 1 aromatic carbocycles. The van der Waals surface area contributed by atoms with E-state index in [0.717, 1.165) is 46.9 Å². The quantitative estimate of drug-likeness (QED) is 0.405. The molecule has 7 heteroatoms. The van der Waals surface area contributed by atoms with Gasteiger partial charge in [0.1, 0.15) is 11.5 Å². The van der Waals surface area contributed by atoms with Crippen molar-refractivity contribution >= 4 is 23.0 Å². The molecule has 1 aliphatic rings. The van der Waals surface area contributed by atoms with Crippen molar-refractivity contribution in [2.24, 2.45) is 10.7 Å². The molecule has 7 nitrogen and oxygen atoms in total. The summed E-state index contributed by atoms with van der Waals surface area (Å²) in [6.45, 7) is 6.01. The molecule has 0 spiro atoms. The van der Waals surface area contributed by atoms with E-state index in [0.29, 0.717) is 11.7 Å². The second-order valence-corrected chi connectivity index (χ2v) is 7.97. The molecule has 0 amide bonds. The molecule has 1 saturated heterocycles. The van der Waals surface area contributed by atoms with Crippen LogP contribution in [-0.2, 0) is 0 Å². The zero-order valence-electron chi connectivity index (χ0n) is 17.8. The van der Waals surface area contributed by atoms with Gasteiger partial charge in [0.15, 0.2) is 5.82 Å². The number of amidine groups is 1. The summed E-state index contributed by atoms with van der Waals surface area (Å²) in [7, 11) is 0. The molecule has 0 atom stereocenters. The van der Waals surface area contributed by atoms with Gasteiger partial charge in [0, 0.05) is 48.5 Å².